The third-order valence-electron chi connectivity index (χ3n) is 9.97. The van der Waals surface area contributed by atoms with E-state index in [0.717, 1.165) is 75.5 Å². The number of nitrogens with zero attached hydrogens (tertiary/aromatic N) is 6. The van der Waals surface area contributed by atoms with Gasteiger partial charge in [0.15, 0.2) is 10.3 Å². The molecule has 4 heterocycles. The lowest BCUT2D eigenvalue weighted by Gasteiger charge is -2.34. The molecule has 0 aliphatic carbocycles. The van der Waals surface area contributed by atoms with E-state index in [1.54, 1.807) is 22.7 Å². The second-order valence-electron chi connectivity index (χ2n) is 13.5. The van der Waals surface area contributed by atoms with Gasteiger partial charge >= 0.3 is 0 Å². The largest absolute Gasteiger partial charge is 0.345 e. The molecular formula is C44H46N6O2S2. The zero-order valence-corrected chi connectivity index (χ0v) is 32.1. The van der Waals surface area contributed by atoms with E-state index in [0.29, 0.717) is 12.8 Å². The Morgan fingerprint density at radius 1 is 0.481 bits per heavy atom. The van der Waals surface area contributed by atoms with E-state index in [1.165, 1.54) is 33.4 Å². The van der Waals surface area contributed by atoms with Gasteiger partial charge in [0.1, 0.15) is 0 Å². The van der Waals surface area contributed by atoms with Crippen LogP contribution in [0.5, 0.6) is 0 Å². The predicted molar refractivity (Wildman–Crippen MR) is 222 cm³/mol. The second-order valence-corrected chi connectivity index (χ2v) is 15.2. The smallest absolute Gasteiger partial charge is 0.223 e. The van der Waals surface area contributed by atoms with Gasteiger partial charge in [0.05, 0.1) is 0 Å². The third kappa shape index (κ3) is 10.0. The minimum Gasteiger partial charge on any atom is -0.345 e. The summed E-state index contributed by atoms with van der Waals surface area (Å²) in [5.74, 6) is 0.498. The number of anilines is 2. The lowest BCUT2D eigenvalue weighted by Crippen LogP contribution is -2.48. The van der Waals surface area contributed by atoms with E-state index in [2.05, 4.69) is 117 Å². The molecule has 6 aromatic rings. The van der Waals surface area contributed by atoms with Crippen molar-refractivity contribution >= 4 is 44.8 Å². The standard InChI is InChI=1S/2C22H23N3OS/c2*26-21(24-12-14-25(15-13-24)22-23-11-16-27-22)10-9-18-5-4-8-20(17-18)19-6-2-1-3-7-19/h2*1-8,11,16-17H,9-10,12-15H2. The number of benzene rings is 4. The Bertz CT molecular complexity index is 1890. The van der Waals surface area contributed by atoms with Gasteiger partial charge in [-0.3, -0.25) is 9.59 Å². The van der Waals surface area contributed by atoms with E-state index in [1.807, 2.05) is 45.1 Å². The van der Waals surface area contributed by atoms with Crippen LogP contribution < -0.4 is 9.80 Å². The summed E-state index contributed by atoms with van der Waals surface area (Å²) in [7, 11) is 0. The molecule has 2 aromatic heterocycles. The number of carbonyl (C=O) groups is 2. The lowest BCUT2D eigenvalue weighted by molar-refractivity contribution is -0.132. The molecule has 2 saturated heterocycles. The second kappa shape index (κ2) is 18.6. The van der Waals surface area contributed by atoms with Gasteiger partial charge in [-0.05, 0) is 46.2 Å². The van der Waals surface area contributed by atoms with Gasteiger partial charge < -0.3 is 19.6 Å². The quantitative estimate of drug-likeness (QED) is 0.141. The van der Waals surface area contributed by atoms with Crippen molar-refractivity contribution in [2.24, 2.45) is 0 Å². The molecule has 0 saturated carbocycles. The fourth-order valence-electron chi connectivity index (χ4n) is 6.93. The van der Waals surface area contributed by atoms with Crippen molar-refractivity contribution in [2.75, 3.05) is 62.2 Å². The van der Waals surface area contributed by atoms with E-state index in [-0.39, 0.29) is 11.8 Å². The fraction of sp³-hybridized carbons (Fsp3) is 0.273. The summed E-state index contributed by atoms with van der Waals surface area (Å²) in [5.41, 5.74) is 7.26. The molecule has 2 aliphatic heterocycles. The summed E-state index contributed by atoms with van der Waals surface area (Å²) < 4.78 is 0. The van der Waals surface area contributed by atoms with Gasteiger partial charge in [0.2, 0.25) is 11.8 Å². The maximum absolute atomic E-state index is 12.6. The van der Waals surface area contributed by atoms with Crippen LogP contribution in [0.25, 0.3) is 22.3 Å². The SMILES string of the molecule is O=C(CCc1cccc(-c2ccccc2)c1)N1CCN(c2nccs2)CC1.O=C(CCc1cccc(-c2ccccc2)c1)N1CCN(c2nccs2)CC1. The lowest BCUT2D eigenvalue weighted by atomic mass is 10.0. The maximum atomic E-state index is 12.6. The van der Waals surface area contributed by atoms with Crippen LogP contribution in [-0.4, -0.2) is 83.9 Å². The Kier molecular flexibility index (Phi) is 12.8. The first-order chi connectivity index (χ1) is 26.6. The molecule has 2 aliphatic rings. The van der Waals surface area contributed by atoms with E-state index < -0.39 is 0 Å². The number of piperazine rings is 2. The highest BCUT2D eigenvalue weighted by molar-refractivity contribution is 7.13. The number of thiazole rings is 2. The number of amides is 2. The van der Waals surface area contributed by atoms with Crippen molar-refractivity contribution in [3.63, 3.8) is 0 Å². The zero-order valence-electron chi connectivity index (χ0n) is 30.5. The Hall–Kier alpha value is -5.32. The van der Waals surface area contributed by atoms with Crippen LogP contribution in [0.1, 0.15) is 24.0 Å². The van der Waals surface area contributed by atoms with E-state index in [4.69, 9.17) is 0 Å². The maximum Gasteiger partial charge on any atom is 0.223 e. The summed E-state index contributed by atoms with van der Waals surface area (Å²) in [5, 5.41) is 6.10. The molecule has 4 aromatic carbocycles. The van der Waals surface area contributed by atoms with Crippen molar-refractivity contribution in [3.8, 4) is 22.3 Å². The van der Waals surface area contributed by atoms with Gasteiger partial charge in [-0.2, -0.15) is 0 Å². The van der Waals surface area contributed by atoms with Gasteiger partial charge in [0.25, 0.3) is 0 Å². The molecule has 0 bridgehead atoms. The zero-order chi connectivity index (χ0) is 37.0. The molecule has 54 heavy (non-hydrogen) atoms. The van der Waals surface area contributed by atoms with Crippen molar-refractivity contribution < 1.29 is 9.59 Å². The molecule has 8 nitrogen and oxygen atoms in total. The highest BCUT2D eigenvalue weighted by Gasteiger charge is 2.23. The summed E-state index contributed by atoms with van der Waals surface area (Å²) in [6.07, 6.45) is 6.37. The molecule has 0 N–H and O–H groups in total. The average molecular weight is 755 g/mol. The monoisotopic (exact) mass is 754 g/mol. The number of aryl methyl sites for hydroxylation is 2. The van der Waals surface area contributed by atoms with E-state index in [9.17, 15) is 9.59 Å². The molecule has 2 amide bonds. The predicted octanol–water partition coefficient (Wildman–Crippen LogP) is 8.18. The van der Waals surface area contributed by atoms with Crippen LogP contribution in [0.15, 0.2) is 132 Å². The highest BCUT2D eigenvalue weighted by Crippen LogP contribution is 2.24. The summed E-state index contributed by atoms with van der Waals surface area (Å²) in [4.78, 5) is 42.5. The minimum absolute atomic E-state index is 0.249. The Balaban J connectivity index is 0.000000167. The van der Waals surface area contributed by atoms with Gasteiger partial charge in [-0.15, -0.1) is 22.7 Å². The number of carbonyl (C=O) groups excluding carboxylic acids is 2. The topological polar surface area (TPSA) is 72.9 Å². The van der Waals surface area contributed by atoms with Crippen molar-refractivity contribution in [1.29, 1.82) is 0 Å². The molecule has 10 heteroatoms. The number of aromatic nitrogens is 2. The summed E-state index contributed by atoms with van der Waals surface area (Å²) in [6.45, 7) is 6.58. The molecule has 0 unspecified atom stereocenters. The molecule has 0 spiro atoms. The number of hydrogen-bond acceptors (Lipinski definition) is 8. The van der Waals surface area contributed by atoms with Crippen LogP contribution >= 0.6 is 22.7 Å². The molecule has 0 atom stereocenters. The normalized spacial score (nSPS) is 14.4. The molecule has 0 radical (unpaired) electrons. The Morgan fingerprint density at radius 3 is 1.24 bits per heavy atom. The van der Waals surface area contributed by atoms with E-state index >= 15 is 0 Å². The highest BCUT2D eigenvalue weighted by atomic mass is 32.1. The van der Waals surface area contributed by atoms with Crippen molar-refractivity contribution in [2.45, 2.75) is 25.7 Å². The number of rotatable bonds is 10. The Morgan fingerprint density at radius 2 is 0.870 bits per heavy atom. The van der Waals surface area contributed by atoms with Crippen LogP contribution in [0.2, 0.25) is 0 Å². The third-order valence-corrected chi connectivity index (χ3v) is 11.6. The first kappa shape index (κ1) is 37.0. The summed E-state index contributed by atoms with van der Waals surface area (Å²) >= 11 is 3.31. The molecule has 2 fully saturated rings. The molecular weight excluding hydrogens is 709 g/mol. The first-order valence-corrected chi connectivity index (χ1v) is 20.5. The van der Waals surface area contributed by atoms with Gasteiger partial charge in [0, 0.05) is 88.4 Å². The first-order valence-electron chi connectivity index (χ1n) is 18.7. The van der Waals surface area contributed by atoms with Crippen LogP contribution in [0, 0.1) is 0 Å². The fourth-order valence-corrected chi connectivity index (χ4v) is 8.32. The van der Waals surface area contributed by atoms with Gasteiger partial charge in [-0.1, -0.05) is 109 Å². The molecule has 276 valence electrons. The summed E-state index contributed by atoms with van der Waals surface area (Å²) in [6, 6.07) is 37.8. The van der Waals surface area contributed by atoms with Crippen LogP contribution in [-0.2, 0) is 22.4 Å². The number of hydrogen-bond donors (Lipinski definition) is 0. The van der Waals surface area contributed by atoms with Crippen molar-refractivity contribution in [3.05, 3.63) is 143 Å². The van der Waals surface area contributed by atoms with Crippen LogP contribution in [0.4, 0.5) is 10.3 Å². The average Bonchev–Trinajstić information content (AvgIpc) is 4.00. The minimum atomic E-state index is 0.249. The Labute approximate surface area is 326 Å². The van der Waals surface area contributed by atoms with Crippen LogP contribution in [0.3, 0.4) is 0 Å². The molecule has 8 rings (SSSR count). The van der Waals surface area contributed by atoms with Gasteiger partial charge in [-0.25, -0.2) is 9.97 Å². The van der Waals surface area contributed by atoms with Crippen molar-refractivity contribution in [1.82, 2.24) is 19.8 Å².